The molecular formula is C45H33N3O. The van der Waals surface area contributed by atoms with Gasteiger partial charge in [0, 0.05) is 34.8 Å². The van der Waals surface area contributed by atoms with Crippen LogP contribution < -0.4 is 0 Å². The van der Waals surface area contributed by atoms with Gasteiger partial charge in [-0.25, -0.2) is 15.0 Å². The maximum Gasteiger partial charge on any atom is 0.167 e. The lowest BCUT2D eigenvalue weighted by atomic mass is 9.85. The van der Waals surface area contributed by atoms with Crippen LogP contribution in [-0.4, -0.2) is 15.0 Å². The quantitative estimate of drug-likeness (QED) is 0.181. The van der Waals surface area contributed by atoms with Gasteiger partial charge in [-0.1, -0.05) is 127 Å². The molecule has 4 nitrogen and oxygen atoms in total. The number of furan rings is 1. The van der Waals surface area contributed by atoms with Gasteiger partial charge >= 0.3 is 0 Å². The Morgan fingerprint density at radius 2 is 1.35 bits per heavy atom. The van der Waals surface area contributed by atoms with Crippen molar-refractivity contribution in [1.29, 1.82) is 0 Å². The lowest BCUT2D eigenvalue weighted by Gasteiger charge is -2.18. The van der Waals surface area contributed by atoms with Gasteiger partial charge in [0.1, 0.15) is 17.2 Å². The largest absolute Gasteiger partial charge is 0.460 e. The van der Waals surface area contributed by atoms with Gasteiger partial charge in [0.15, 0.2) is 11.6 Å². The number of rotatable bonds is 4. The molecule has 2 heterocycles. The SMILES string of the molecule is C1=CCC(c2nc(C3=CCCC=C3)nc(-c3cccc4c5c(oc34)CC(c3ccc4c6ccccc6c6ccccc6c4c3)C=C5)n2)C=C1. The van der Waals surface area contributed by atoms with E-state index in [-0.39, 0.29) is 11.8 Å². The van der Waals surface area contributed by atoms with Gasteiger partial charge in [-0.05, 0) is 69.3 Å². The lowest BCUT2D eigenvalue weighted by molar-refractivity contribution is 0.533. The highest BCUT2D eigenvalue weighted by molar-refractivity contribution is 6.25. The van der Waals surface area contributed by atoms with E-state index >= 15 is 0 Å². The van der Waals surface area contributed by atoms with Crippen LogP contribution >= 0.6 is 0 Å². The zero-order chi connectivity index (χ0) is 32.3. The van der Waals surface area contributed by atoms with Gasteiger partial charge in [0.05, 0.1) is 5.56 Å². The number of nitrogens with zero attached hydrogens (tertiary/aromatic N) is 3. The minimum absolute atomic E-state index is 0.114. The normalized spacial score (nSPS) is 18.5. The van der Waals surface area contributed by atoms with Gasteiger partial charge < -0.3 is 4.42 Å². The topological polar surface area (TPSA) is 51.8 Å². The first-order valence-corrected chi connectivity index (χ1v) is 17.3. The van der Waals surface area contributed by atoms with Crippen LogP contribution in [-0.2, 0) is 6.42 Å². The molecule has 49 heavy (non-hydrogen) atoms. The third kappa shape index (κ3) is 4.70. The van der Waals surface area contributed by atoms with E-state index in [2.05, 4.69) is 140 Å². The summed E-state index contributed by atoms with van der Waals surface area (Å²) in [5.41, 5.74) is 5.24. The van der Waals surface area contributed by atoms with Crippen LogP contribution in [0.25, 0.3) is 66.3 Å². The van der Waals surface area contributed by atoms with Crippen molar-refractivity contribution in [3.63, 3.8) is 0 Å². The van der Waals surface area contributed by atoms with Crippen LogP contribution in [0.4, 0.5) is 0 Å². The van der Waals surface area contributed by atoms with E-state index in [0.29, 0.717) is 5.82 Å². The highest BCUT2D eigenvalue weighted by atomic mass is 16.3. The molecule has 2 atom stereocenters. The maximum atomic E-state index is 6.81. The Morgan fingerprint density at radius 1 is 0.592 bits per heavy atom. The van der Waals surface area contributed by atoms with Crippen molar-refractivity contribution in [3.8, 4) is 11.4 Å². The van der Waals surface area contributed by atoms with Crippen molar-refractivity contribution in [2.45, 2.75) is 37.5 Å². The maximum absolute atomic E-state index is 6.81. The Balaban J connectivity index is 1.06. The van der Waals surface area contributed by atoms with Crippen molar-refractivity contribution < 1.29 is 4.42 Å². The summed E-state index contributed by atoms with van der Waals surface area (Å²) in [5.74, 6) is 3.51. The standard InChI is InChI=1S/C45H33N3O/c1-3-12-28(13-4-1)43-46-44(29-14-5-2-6-15-29)48-45(47-43)39-21-11-20-38-37-25-23-31(27-41(37)49-42(38)39)30-22-24-36-34-18-8-7-16-32(34)33-17-9-10-19-35(33)40(36)26-30/h1,3-5,7-12,14-26,28,31H,2,6,13,27H2. The van der Waals surface area contributed by atoms with Gasteiger partial charge in [0.2, 0.25) is 0 Å². The molecule has 0 radical (unpaired) electrons. The van der Waals surface area contributed by atoms with E-state index in [9.17, 15) is 0 Å². The fourth-order valence-electron chi connectivity index (χ4n) is 7.92. The van der Waals surface area contributed by atoms with Gasteiger partial charge in [-0.2, -0.15) is 0 Å². The molecule has 3 aliphatic rings. The molecule has 0 amide bonds. The summed E-state index contributed by atoms with van der Waals surface area (Å²) in [4.78, 5) is 15.1. The number of fused-ring (bicyclic) bond motifs is 9. The third-order valence-electron chi connectivity index (χ3n) is 10.4. The van der Waals surface area contributed by atoms with E-state index in [1.54, 1.807) is 0 Å². The van der Waals surface area contributed by atoms with E-state index in [1.165, 1.54) is 37.9 Å². The highest BCUT2D eigenvalue weighted by Crippen LogP contribution is 2.42. The average Bonchev–Trinajstić information content (AvgIpc) is 3.56. The van der Waals surface area contributed by atoms with Crippen molar-refractivity contribution in [2.75, 3.05) is 0 Å². The molecule has 0 N–H and O–H groups in total. The minimum atomic E-state index is 0.114. The lowest BCUT2D eigenvalue weighted by Crippen LogP contribution is -2.09. The number of allylic oxidation sites excluding steroid dienone is 9. The molecule has 0 aliphatic heterocycles. The predicted octanol–water partition coefficient (Wildman–Crippen LogP) is 11.4. The first-order chi connectivity index (χ1) is 24.3. The third-order valence-corrected chi connectivity index (χ3v) is 10.4. The first kappa shape index (κ1) is 28.2. The van der Waals surface area contributed by atoms with Crippen LogP contribution in [0.3, 0.4) is 0 Å². The monoisotopic (exact) mass is 631 g/mol. The van der Waals surface area contributed by atoms with Crippen molar-refractivity contribution in [2.24, 2.45) is 0 Å². The second-order valence-corrected chi connectivity index (χ2v) is 13.3. The molecule has 10 rings (SSSR count). The molecule has 3 aliphatic carbocycles. The molecule has 7 aromatic rings. The number of benzene rings is 5. The summed E-state index contributed by atoms with van der Waals surface area (Å²) in [7, 11) is 0. The van der Waals surface area contributed by atoms with Crippen LogP contribution in [0.5, 0.6) is 0 Å². The summed E-state index contributed by atoms with van der Waals surface area (Å²) >= 11 is 0. The molecule has 2 aromatic heterocycles. The van der Waals surface area contributed by atoms with Gasteiger partial charge in [0.25, 0.3) is 0 Å². The van der Waals surface area contributed by atoms with Gasteiger partial charge in [-0.3, -0.25) is 0 Å². The van der Waals surface area contributed by atoms with Crippen molar-refractivity contribution in [1.82, 2.24) is 15.0 Å². The van der Waals surface area contributed by atoms with Gasteiger partial charge in [-0.15, -0.1) is 0 Å². The smallest absolute Gasteiger partial charge is 0.167 e. The Labute approximate surface area is 284 Å². The molecular weight excluding hydrogens is 599 g/mol. The molecule has 234 valence electrons. The summed E-state index contributed by atoms with van der Waals surface area (Å²) in [6, 6.07) is 30.9. The minimum Gasteiger partial charge on any atom is -0.460 e. The second-order valence-electron chi connectivity index (χ2n) is 13.3. The second kappa shape index (κ2) is 11.4. The van der Waals surface area contributed by atoms with Crippen molar-refractivity contribution >= 4 is 54.9 Å². The molecule has 0 bridgehead atoms. The summed E-state index contributed by atoms with van der Waals surface area (Å²) in [5, 5.41) is 8.87. The summed E-state index contributed by atoms with van der Waals surface area (Å²) < 4.78 is 6.81. The molecule has 0 spiro atoms. The van der Waals surface area contributed by atoms with Crippen LogP contribution in [0.15, 0.2) is 138 Å². The zero-order valence-electron chi connectivity index (χ0n) is 27.0. The number of hydrogen-bond donors (Lipinski definition) is 0. The van der Waals surface area contributed by atoms with Crippen LogP contribution in [0.1, 0.15) is 59.6 Å². The van der Waals surface area contributed by atoms with Crippen LogP contribution in [0, 0.1) is 0 Å². The number of hydrogen-bond acceptors (Lipinski definition) is 4. The number of aromatic nitrogens is 3. The Hall–Kier alpha value is -5.87. The van der Waals surface area contributed by atoms with Crippen LogP contribution in [0.2, 0.25) is 0 Å². The molecule has 5 aromatic carbocycles. The van der Waals surface area contributed by atoms with E-state index < -0.39 is 0 Å². The van der Waals surface area contributed by atoms with E-state index in [4.69, 9.17) is 19.4 Å². The molecule has 0 fully saturated rings. The Morgan fingerprint density at radius 3 is 2.10 bits per heavy atom. The fraction of sp³-hybridized carbons (Fsp3) is 0.133. The first-order valence-electron chi connectivity index (χ1n) is 17.3. The predicted molar refractivity (Wildman–Crippen MR) is 201 cm³/mol. The Bertz CT molecular complexity index is 2600. The highest BCUT2D eigenvalue weighted by Gasteiger charge is 2.25. The average molecular weight is 632 g/mol. The molecule has 4 heteroatoms. The van der Waals surface area contributed by atoms with E-state index in [1.807, 2.05) is 0 Å². The van der Waals surface area contributed by atoms with E-state index in [0.717, 1.165) is 70.8 Å². The Kier molecular flexibility index (Phi) is 6.54. The molecule has 0 saturated heterocycles. The zero-order valence-corrected chi connectivity index (χ0v) is 27.0. The molecule has 0 saturated carbocycles. The van der Waals surface area contributed by atoms with Crippen molar-refractivity contribution in [3.05, 3.63) is 162 Å². The number of para-hydroxylation sites is 1. The molecule has 2 unspecified atom stereocenters. The summed E-state index contributed by atoms with van der Waals surface area (Å²) in [6.45, 7) is 0. The fourth-order valence-corrected chi connectivity index (χ4v) is 7.92. The summed E-state index contributed by atoms with van der Waals surface area (Å²) in [6.07, 6.45) is 23.4.